The molecule has 17 nitrogen and oxygen atoms in total. The molecular weight excluding hydrogens is 1440 g/mol. The fourth-order valence-electron chi connectivity index (χ4n) is 8.80. The maximum Gasteiger partial charge on any atom is 0.416 e. The number of carbonyl (C=O) groups excluding carboxylic acids is 2. The average molecular weight is 1550 g/mol. The van der Waals surface area contributed by atoms with Crippen molar-refractivity contribution in [3.63, 3.8) is 0 Å². The van der Waals surface area contributed by atoms with Gasteiger partial charge >= 0.3 is 12.1 Å². The smallest absolute Gasteiger partial charge is 0.416 e. The van der Waals surface area contributed by atoms with Crippen LogP contribution in [0.4, 0.5) is 13.2 Å². The molecule has 0 fully saturated rings. The Bertz CT molecular complexity index is 3880. The van der Waals surface area contributed by atoms with Crippen LogP contribution in [0.15, 0.2) is 228 Å². The zero-order valence-electron chi connectivity index (χ0n) is 63.7. The number of rotatable bonds is 23. The number of amides is 1. The van der Waals surface area contributed by atoms with Crippen LogP contribution in [0, 0.1) is 18.3 Å². The van der Waals surface area contributed by atoms with Crippen molar-refractivity contribution in [2.45, 2.75) is 78.5 Å². The Kier molecular flexibility index (Phi) is 54.2. The molecule has 1 amide bonds. The zero-order valence-corrected chi connectivity index (χ0v) is 66.8. The number of alkyl halides is 3. The van der Waals surface area contributed by atoms with E-state index in [-0.39, 0.29) is 11.9 Å². The molecule has 0 unspecified atom stereocenters. The van der Waals surface area contributed by atoms with Gasteiger partial charge in [0.15, 0.2) is 0 Å². The maximum absolute atomic E-state index is 12.1. The van der Waals surface area contributed by atoms with Crippen molar-refractivity contribution in [2.24, 2.45) is 5.73 Å². The van der Waals surface area contributed by atoms with Crippen LogP contribution in [0.2, 0.25) is 15.1 Å². The van der Waals surface area contributed by atoms with Crippen LogP contribution in [0.25, 0.3) is 0 Å². The number of aryl methyl sites for hydroxylation is 1. The van der Waals surface area contributed by atoms with E-state index in [2.05, 4.69) is 119 Å². The molecule has 578 valence electrons. The van der Waals surface area contributed by atoms with Crippen LogP contribution in [-0.2, 0) is 76.4 Å². The lowest BCUT2D eigenvalue weighted by Crippen LogP contribution is -2.11. The molecule has 2 heterocycles. The van der Waals surface area contributed by atoms with Crippen molar-refractivity contribution >= 4 is 58.0 Å². The van der Waals surface area contributed by atoms with Gasteiger partial charge in [-0.1, -0.05) is 162 Å². The Morgan fingerprint density at radius 1 is 0.467 bits per heavy atom. The number of ether oxygens (including phenoxy) is 2. The summed E-state index contributed by atoms with van der Waals surface area (Å²) >= 11 is 19.2. The minimum Gasteiger partial charge on any atom is -0.496 e. The third kappa shape index (κ3) is 44.8. The quantitative estimate of drug-likeness (QED) is 0.0267. The highest BCUT2D eigenvalue weighted by molar-refractivity contribution is 7.09. The largest absolute Gasteiger partial charge is 0.496 e. The molecule has 0 atom stereocenters. The van der Waals surface area contributed by atoms with Gasteiger partial charge in [-0.3, -0.25) is 4.79 Å². The summed E-state index contributed by atoms with van der Waals surface area (Å²) in [6, 6.07) is 67.2. The first-order valence-corrected chi connectivity index (χ1v) is 36.2. The summed E-state index contributed by atoms with van der Waals surface area (Å²) in [5.41, 5.74) is 16.7. The van der Waals surface area contributed by atoms with Crippen molar-refractivity contribution in [3.8, 4) is 11.8 Å². The summed E-state index contributed by atoms with van der Waals surface area (Å²) in [4.78, 5) is 23.1. The number of para-hydroxylation sites is 1. The SMILES string of the molecule is CNCc1ccc(C#N)cc1.CNCc1ccc(C(=O)OC)cc1.CNCc1ccc(C(F)(F)F)cc1.CNCc1ccc(C(N)=O)cc1.CNCc1ccc(C)cc1.CNCc1ccc(Cl)cc1Cl.CNCc1ccccc1Cl.CNCc1ccccc1OC.CNCc1ccco1.CNCc1cccs1. The molecule has 10 aromatic rings. The number of primary amides is 1. The summed E-state index contributed by atoms with van der Waals surface area (Å²) in [7, 11) is 22.0. The number of hydrogen-bond donors (Lipinski definition) is 11. The third-order valence-electron chi connectivity index (χ3n) is 14.1. The first-order valence-electron chi connectivity index (χ1n) is 34.1. The number of benzene rings is 8. The fraction of sp³-hybridized carbons (Fsp3) is 0.289. The lowest BCUT2D eigenvalue weighted by Gasteiger charge is -2.06. The van der Waals surface area contributed by atoms with Crippen molar-refractivity contribution in [1.82, 2.24) is 53.2 Å². The molecule has 0 spiro atoms. The van der Waals surface area contributed by atoms with Gasteiger partial charge in [-0.05, 0) is 213 Å². The Morgan fingerprint density at radius 2 is 0.888 bits per heavy atom. The molecule has 0 aliphatic rings. The van der Waals surface area contributed by atoms with Gasteiger partial charge in [0.1, 0.15) is 11.5 Å². The van der Waals surface area contributed by atoms with E-state index in [1.807, 2.05) is 179 Å². The standard InChI is InChI=1S/C10H13NO2.C9H10F3N.C9H12N2O.C9H10N2.C9H13NO.C9H13N.C8H9Cl2N.C8H10ClN.C6H9NO.C6H9NS/c1-11-7-8-3-5-9(6-4-8)10(12)13-2;1-13-6-7-2-4-8(5-3-7)9(10,11)12;1-11-6-7-2-4-8(5-3-7)9(10)12;1-11-7-9-4-2-8(6-10)3-5-9;1-10-7-8-5-3-4-6-9(8)11-2;1-8-3-5-9(6-4-8)7-10-2;1-11-5-6-2-3-7(9)4-8(6)10;1-10-6-7-4-2-3-5-8(7)9;2*1-7-5-6-3-2-4-8-6/h3-6,11H,7H2,1-2H3;2-5,13H,6H2,1H3;2-5,11H,6H2,1H3,(H2,10,12);2-5,11H,7H2,1H3;3-6,10H,7H2,1-2H3;3-6,10H,7H2,1-2H3;2-4,11H,5H2,1H3;2-5,10H,6H2,1H3;2*2-4,7H,5H2,1H3. The van der Waals surface area contributed by atoms with Gasteiger partial charge in [-0.2, -0.15) is 18.4 Å². The number of methoxy groups -OCH3 is 2. The van der Waals surface area contributed by atoms with E-state index in [9.17, 15) is 22.8 Å². The number of nitriles is 1. The molecule has 0 radical (unpaired) electrons. The summed E-state index contributed by atoms with van der Waals surface area (Å²) < 4.78 is 51.0. The number of nitrogens with zero attached hydrogens (tertiary/aromatic N) is 1. The third-order valence-corrected chi connectivity index (χ3v) is 16.0. The van der Waals surface area contributed by atoms with Crippen LogP contribution in [0.5, 0.6) is 5.75 Å². The van der Waals surface area contributed by atoms with Gasteiger partial charge in [0.05, 0.1) is 49.8 Å². The second kappa shape index (κ2) is 60.3. The maximum atomic E-state index is 12.1. The van der Waals surface area contributed by atoms with Gasteiger partial charge in [0, 0.05) is 90.0 Å². The Hall–Kier alpha value is -8.77. The van der Waals surface area contributed by atoms with E-state index in [1.54, 1.807) is 62.1 Å². The number of halogens is 6. The second-order valence-electron chi connectivity index (χ2n) is 22.8. The van der Waals surface area contributed by atoms with Crippen LogP contribution in [-0.4, -0.2) is 96.6 Å². The molecule has 24 heteroatoms. The zero-order chi connectivity index (χ0) is 79.5. The normalized spacial score (nSPS) is 9.93. The molecule has 0 aliphatic heterocycles. The van der Waals surface area contributed by atoms with E-state index in [0.717, 1.165) is 115 Å². The molecular formula is C83H108Cl3F3N12O5S. The fourth-order valence-corrected chi connectivity index (χ4v) is 10.2. The van der Waals surface area contributed by atoms with Crippen LogP contribution >= 0.6 is 46.1 Å². The van der Waals surface area contributed by atoms with Gasteiger partial charge in [-0.15, -0.1) is 11.3 Å². The number of hydrogen-bond acceptors (Lipinski definition) is 17. The van der Waals surface area contributed by atoms with Crippen LogP contribution < -0.4 is 63.6 Å². The molecule has 0 bridgehead atoms. The van der Waals surface area contributed by atoms with Gasteiger partial charge in [0.2, 0.25) is 5.91 Å². The molecule has 0 saturated heterocycles. The van der Waals surface area contributed by atoms with Crippen LogP contribution in [0.1, 0.15) is 92.6 Å². The molecule has 107 heavy (non-hydrogen) atoms. The summed E-state index contributed by atoms with van der Waals surface area (Å²) in [5, 5.41) is 43.0. The highest BCUT2D eigenvalue weighted by atomic mass is 35.5. The van der Waals surface area contributed by atoms with E-state index in [1.165, 1.54) is 46.4 Å². The van der Waals surface area contributed by atoms with E-state index in [0.29, 0.717) is 33.3 Å². The molecule has 0 saturated carbocycles. The van der Waals surface area contributed by atoms with E-state index < -0.39 is 11.7 Å². The highest BCUT2D eigenvalue weighted by Crippen LogP contribution is 2.29. The number of furan rings is 1. The van der Waals surface area contributed by atoms with E-state index in [4.69, 9.17) is 55.0 Å². The number of esters is 1. The minimum absolute atomic E-state index is 0.295. The number of thiophene rings is 1. The minimum atomic E-state index is -4.24. The summed E-state index contributed by atoms with van der Waals surface area (Å²) in [6.07, 6.45) is -2.56. The molecule has 10 rings (SSSR count). The first-order chi connectivity index (χ1) is 51.6. The Morgan fingerprint density at radius 3 is 1.28 bits per heavy atom. The number of carbonyl (C=O) groups is 2. The number of nitrogens with one attached hydrogen (secondary N) is 10. The van der Waals surface area contributed by atoms with Crippen LogP contribution in [0.3, 0.4) is 0 Å². The van der Waals surface area contributed by atoms with Crippen molar-refractivity contribution < 1.29 is 36.7 Å². The van der Waals surface area contributed by atoms with Gasteiger partial charge in [-0.25, -0.2) is 4.79 Å². The van der Waals surface area contributed by atoms with Crippen molar-refractivity contribution in [2.75, 3.05) is 84.7 Å². The lowest BCUT2D eigenvalue weighted by molar-refractivity contribution is -0.137. The monoisotopic (exact) mass is 1550 g/mol. The second-order valence-corrected chi connectivity index (χ2v) is 25.1. The molecule has 8 aromatic carbocycles. The topological polar surface area (TPSA) is 236 Å². The Balaban J connectivity index is 0.000000596. The predicted molar refractivity (Wildman–Crippen MR) is 438 cm³/mol. The van der Waals surface area contributed by atoms with E-state index >= 15 is 0 Å². The lowest BCUT2D eigenvalue weighted by atomic mass is 10.1. The summed E-state index contributed by atoms with van der Waals surface area (Å²) in [6.45, 7) is 10.4. The molecule has 12 N–H and O–H groups in total. The Labute approximate surface area is 651 Å². The van der Waals surface area contributed by atoms with Gasteiger partial charge in [0.25, 0.3) is 0 Å². The molecule has 0 aliphatic carbocycles. The summed E-state index contributed by atoms with van der Waals surface area (Å²) in [5.74, 6) is 1.25. The highest BCUT2D eigenvalue weighted by Gasteiger charge is 2.29. The van der Waals surface area contributed by atoms with Crippen molar-refractivity contribution in [1.29, 1.82) is 5.26 Å². The number of nitrogens with two attached hydrogens (primary N) is 1. The first kappa shape index (κ1) is 96.2. The van der Waals surface area contributed by atoms with Crippen molar-refractivity contribution in [3.05, 3.63) is 322 Å². The predicted octanol–water partition coefficient (Wildman–Crippen LogP) is 15.8. The average Bonchev–Trinajstić information content (AvgIpc) is 1.36. The molecule has 2 aromatic heterocycles. The van der Waals surface area contributed by atoms with Gasteiger partial charge < -0.3 is 72.8 Å².